The number of nitrogens with one attached hydrogen (secondary N) is 2. The maximum atomic E-state index is 14.3. The SMILES string of the molecule is CN(Cc1ccc(C(C)(C)C)cc1)C(=O)Nc1cc(F)c(NS(C)(=O)=O)c(I)c1. The van der Waals surface area contributed by atoms with Crippen molar-refractivity contribution in [3.05, 3.63) is 56.9 Å². The van der Waals surface area contributed by atoms with Gasteiger partial charge in [0.15, 0.2) is 0 Å². The van der Waals surface area contributed by atoms with Crippen LogP contribution in [0.4, 0.5) is 20.6 Å². The minimum atomic E-state index is -3.61. The lowest BCUT2D eigenvalue weighted by atomic mass is 9.87. The molecule has 0 heterocycles. The molecule has 0 saturated carbocycles. The van der Waals surface area contributed by atoms with Gasteiger partial charge in [0.05, 0.1) is 11.9 Å². The first kappa shape index (κ1) is 23.4. The van der Waals surface area contributed by atoms with Gasteiger partial charge in [-0.05, 0) is 51.3 Å². The third-order valence-electron chi connectivity index (χ3n) is 4.17. The van der Waals surface area contributed by atoms with E-state index in [9.17, 15) is 17.6 Å². The quantitative estimate of drug-likeness (QED) is 0.544. The van der Waals surface area contributed by atoms with Gasteiger partial charge in [-0.25, -0.2) is 17.6 Å². The van der Waals surface area contributed by atoms with E-state index in [1.54, 1.807) is 7.05 Å². The third kappa shape index (κ3) is 6.84. The van der Waals surface area contributed by atoms with Crippen molar-refractivity contribution in [1.82, 2.24) is 4.90 Å². The molecule has 0 unspecified atom stereocenters. The number of rotatable bonds is 5. The van der Waals surface area contributed by atoms with Crippen LogP contribution < -0.4 is 10.0 Å². The van der Waals surface area contributed by atoms with Crippen LogP contribution in [0.25, 0.3) is 0 Å². The molecule has 29 heavy (non-hydrogen) atoms. The van der Waals surface area contributed by atoms with E-state index in [0.29, 0.717) is 10.1 Å². The summed E-state index contributed by atoms with van der Waals surface area (Å²) in [6.07, 6.45) is 0.946. The molecule has 0 atom stereocenters. The average Bonchev–Trinajstić information content (AvgIpc) is 2.57. The molecule has 6 nitrogen and oxygen atoms in total. The van der Waals surface area contributed by atoms with E-state index in [2.05, 4.69) is 30.8 Å². The lowest BCUT2D eigenvalue weighted by molar-refractivity contribution is 0.220. The van der Waals surface area contributed by atoms with E-state index in [0.717, 1.165) is 17.9 Å². The summed E-state index contributed by atoms with van der Waals surface area (Å²) in [5.41, 5.74) is 2.34. The van der Waals surface area contributed by atoms with Crippen molar-refractivity contribution < 1.29 is 17.6 Å². The van der Waals surface area contributed by atoms with Crippen molar-refractivity contribution >= 4 is 50.0 Å². The van der Waals surface area contributed by atoms with Crippen molar-refractivity contribution in [3.63, 3.8) is 0 Å². The van der Waals surface area contributed by atoms with Crippen LogP contribution in [-0.4, -0.2) is 32.7 Å². The zero-order chi connectivity index (χ0) is 22.0. The van der Waals surface area contributed by atoms with Crippen LogP contribution in [0, 0.1) is 9.39 Å². The first-order chi connectivity index (χ1) is 13.3. The van der Waals surface area contributed by atoms with Crippen LogP contribution >= 0.6 is 22.6 Å². The molecule has 0 aliphatic heterocycles. The number of anilines is 2. The molecular formula is C20H25FIN3O3S. The summed E-state index contributed by atoms with van der Waals surface area (Å²) in [6.45, 7) is 6.81. The number of urea groups is 1. The summed E-state index contributed by atoms with van der Waals surface area (Å²) in [6, 6.07) is 10.3. The van der Waals surface area contributed by atoms with Gasteiger partial charge >= 0.3 is 6.03 Å². The Hall–Kier alpha value is -1.88. The molecule has 0 fully saturated rings. The Bertz CT molecular complexity index is 980. The minimum absolute atomic E-state index is 0.0567. The minimum Gasteiger partial charge on any atom is -0.323 e. The van der Waals surface area contributed by atoms with Gasteiger partial charge in [0.1, 0.15) is 5.82 Å². The smallest absolute Gasteiger partial charge is 0.321 e. The maximum absolute atomic E-state index is 14.3. The highest BCUT2D eigenvalue weighted by Crippen LogP contribution is 2.27. The Morgan fingerprint density at radius 1 is 1.17 bits per heavy atom. The molecule has 9 heteroatoms. The van der Waals surface area contributed by atoms with Crippen LogP contribution in [0.1, 0.15) is 31.9 Å². The predicted octanol–water partition coefficient (Wildman–Crippen LogP) is 4.76. The summed E-state index contributed by atoms with van der Waals surface area (Å²) in [5.74, 6) is -0.766. The van der Waals surface area contributed by atoms with Crippen LogP contribution in [0.5, 0.6) is 0 Å². The molecule has 0 aliphatic carbocycles. The first-order valence-corrected chi connectivity index (χ1v) is 11.8. The number of carbonyl (C=O) groups is 1. The summed E-state index contributed by atoms with van der Waals surface area (Å²) < 4.78 is 39.4. The number of sulfonamides is 1. The normalized spacial score (nSPS) is 11.8. The second-order valence-corrected chi connectivity index (χ2v) is 10.8. The second kappa shape index (κ2) is 8.86. The molecule has 0 aliphatic rings. The zero-order valence-corrected chi connectivity index (χ0v) is 20.0. The Kier molecular flexibility index (Phi) is 7.15. The van der Waals surface area contributed by atoms with Crippen LogP contribution in [-0.2, 0) is 22.0 Å². The number of hydrogen-bond acceptors (Lipinski definition) is 3. The van der Waals surface area contributed by atoms with Gasteiger partial charge in [0.2, 0.25) is 10.0 Å². The monoisotopic (exact) mass is 533 g/mol. The molecule has 2 aromatic rings. The summed E-state index contributed by atoms with van der Waals surface area (Å²) >= 11 is 1.81. The molecule has 0 bridgehead atoms. The molecule has 2 amide bonds. The van der Waals surface area contributed by atoms with Gasteiger partial charge in [-0.3, -0.25) is 4.72 Å². The first-order valence-electron chi connectivity index (χ1n) is 8.84. The number of benzene rings is 2. The lowest BCUT2D eigenvalue weighted by Crippen LogP contribution is -2.31. The van der Waals surface area contributed by atoms with Gasteiger partial charge < -0.3 is 10.2 Å². The van der Waals surface area contributed by atoms with E-state index < -0.39 is 21.9 Å². The Morgan fingerprint density at radius 3 is 2.24 bits per heavy atom. The van der Waals surface area contributed by atoms with Gasteiger partial charge in [-0.1, -0.05) is 45.0 Å². The summed E-state index contributed by atoms with van der Waals surface area (Å²) in [5, 5.41) is 2.63. The zero-order valence-electron chi connectivity index (χ0n) is 17.0. The van der Waals surface area contributed by atoms with Gasteiger partial charge in [-0.15, -0.1) is 0 Å². The predicted molar refractivity (Wildman–Crippen MR) is 123 cm³/mol. The topological polar surface area (TPSA) is 78.5 Å². The highest BCUT2D eigenvalue weighted by atomic mass is 127. The van der Waals surface area contributed by atoms with Gasteiger partial charge in [-0.2, -0.15) is 0 Å². The largest absolute Gasteiger partial charge is 0.323 e. The standard InChI is InChI=1S/C20H25FIN3O3S/c1-20(2,3)14-8-6-13(7-9-14)12-25(4)19(26)23-15-10-16(21)18(17(22)11-15)24-29(5,27)28/h6-11,24H,12H2,1-5H3,(H,23,26). The second-order valence-electron chi connectivity index (χ2n) is 7.92. The van der Waals surface area contributed by atoms with Crippen molar-refractivity contribution in [2.24, 2.45) is 0 Å². The Morgan fingerprint density at radius 2 is 1.76 bits per heavy atom. The molecule has 2 aromatic carbocycles. The van der Waals surface area contributed by atoms with Crippen LogP contribution in [0.2, 0.25) is 0 Å². The number of carbonyl (C=O) groups excluding carboxylic acids is 1. The number of halogens is 2. The third-order valence-corrected chi connectivity index (χ3v) is 5.59. The number of hydrogen-bond donors (Lipinski definition) is 2. The fourth-order valence-electron chi connectivity index (χ4n) is 2.60. The summed E-state index contributed by atoms with van der Waals surface area (Å²) in [7, 11) is -1.96. The molecule has 0 saturated heterocycles. The molecule has 0 radical (unpaired) electrons. The van der Waals surface area contributed by atoms with Gasteiger partial charge in [0.25, 0.3) is 0 Å². The van der Waals surface area contributed by atoms with Crippen LogP contribution in [0.15, 0.2) is 36.4 Å². The van der Waals surface area contributed by atoms with E-state index in [1.165, 1.54) is 16.5 Å². The molecule has 0 aromatic heterocycles. The van der Waals surface area contributed by atoms with E-state index in [1.807, 2.05) is 46.9 Å². The fraction of sp³-hybridized carbons (Fsp3) is 0.350. The van der Waals surface area contributed by atoms with E-state index in [-0.39, 0.29) is 16.8 Å². The van der Waals surface area contributed by atoms with Crippen molar-refractivity contribution in [3.8, 4) is 0 Å². The Balaban J connectivity index is 2.07. The molecule has 2 rings (SSSR count). The number of nitrogens with zero attached hydrogens (tertiary/aromatic N) is 1. The van der Waals surface area contributed by atoms with Crippen molar-refractivity contribution in [1.29, 1.82) is 0 Å². The Labute approximate surface area is 185 Å². The average molecular weight is 533 g/mol. The fourth-order valence-corrected chi connectivity index (χ4v) is 4.09. The van der Waals surface area contributed by atoms with E-state index >= 15 is 0 Å². The van der Waals surface area contributed by atoms with E-state index in [4.69, 9.17) is 0 Å². The van der Waals surface area contributed by atoms with Gasteiger partial charge in [0, 0.05) is 22.8 Å². The van der Waals surface area contributed by atoms with Crippen molar-refractivity contribution in [2.75, 3.05) is 23.3 Å². The highest BCUT2D eigenvalue weighted by Gasteiger charge is 2.17. The highest BCUT2D eigenvalue weighted by molar-refractivity contribution is 14.1. The summed E-state index contributed by atoms with van der Waals surface area (Å²) in [4.78, 5) is 13.9. The molecule has 158 valence electrons. The van der Waals surface area contributed by atoms with Crippen molar-refractivity contribution in [2.45, 2.75) is 32.7 Å². The number of amides is 2. The maximum Gasteiger partial charge on any atom is 0.321 e. The lowest BCUT2D eigenvalue weighted by Gasteiger charge is -2.21. The molecule has 2 N–H and O–H groups in total. The van der Waals surface area contributed by atoms with Crippen LogP contribution in [0.3, 0.4) is 0 Å². The molecule has 0 spiro atoms. The molecular weight excluding hydrogens is 508 g/mol.